The van der Waals surface area contributed by atoms with Crippen molar-refractivity contribution in [1.29, 1.82) is 0 Å². The van der Waals surface area contributed by atoms with Crippen molar-refractivity contribution in [1.82, 2.24) is 20.2 Å². The maximum absolute atomic E-state index is 12.7. The first-order chi connectivity index (χ1) is 10.0. The number of aryl methyl sites for hydroxylation is 1. The SMILES string of the molecule is C=C1C(C)=C(c2nnn(C)n2)C(=O)N1c1ccccc1Cl. The molecule has 0 spiro atoms. The Morgan fingerprint density at radius 3 is 2.62 bits per heavy atom. The van der Waals surface area contributed by atoms with Crippen LogP contribution in [0.1, 0.15) is 12.7 Å². The van der Waals surface area contributed by atoms with Gasteiger partial charge in [-0.2, -0.15) is 4.80 Å². The highest BCUT2D eigenvalue weighted by atomic mass is 35.5. The lowest BCUT2D eigenvalue weighted by Gasteiger charge is -2.19. The molecule has 3 rings (SSSR count). The zero-order valence-electron chi connectivity index (χ0n) is 11.5. The second-order valence-electron chi connectivity index (χ2n) is 4.64. The number of tetrazole rings is 1. The van der Waals surface area contributed by atoms with Crippen LogP contribution in [0.3, 0.4) is 0 Å². The lowest BCUT2D eigenvalue weighted by molar-refractivity contribution is -0.112. The third kappa shape index (κ3) is 2.04. The van der Waals surface area contributed by atoms with Crippen LogP contribution < -0.4 is 4.90 Å². The standard InChI is InChI=1S/C14H12ClN5O/c1-8-9(2)20(11-7-5-4-6-10(11)15)14(21)12(8)13-16-18-19(3)17-13/h4-7H,2H2,1,3H3. The van der Waals surface area contributed by atoms with Crippen LogP contribution in [0.25, 0.3) is 5.57 Å². The van der Waals surface area contributed by atoms with Crippen LogP contribution in [0.5, 0.6) is 0 Å². The van der Waals surface area contributed by atoms with Crippen LogP contribution in [-0.4, -0.2) is 26.1 Å². The van der Waals surface area contributed by atoms with Gasteiger partial charge in [-0.25, -0.2) is 0 Å². The average Bonchev–Trinajstić information content (AvgIpc) is 2.95. The summed E-state index contributed by atoms with van der Waals surface area (Å²) >= 11 is 6.18. The highest BCUT2D eigenvalue weighted by Gasteiger charge is 2.36. The molecule has 1 aliphatic heterocycles. The molecule has 0 radical (unpaired) electrons. The Balaban J connectivity index is 2.09. The summed E-state index contributed by atoms with van der Waals surface area (Å²) in [5, 5.41) is 12.2. The summed E-state index contributed by atoms with van der Waals surface area (Å²) in [5.41, 5.74) is 2.27. The first-order valence-electron chi connectivity index (χ1n) is 6.24. The van der Waals surface area contributed by atoms with E-state index in [1.165, 1.54) is 9.70 Å². The maximum Gasteiger partial charge on any atom is 0.267 e. The summed E-state index contributed by atoms with van der Waals surface area (Å²) in [5.74, 6) is 0.0364. The van der Waals surface area contributed by atoms with Gasteiger partial charge in [-0.1, -0.05) is 30.3 Å². The number of carbonyl (C=O) groups excluding carboxylic acids is 1. The lowest BCUT2D eigenvalue weighted by Crippen LogP contribution is -2.25. The zero-order chi connectivity index (χ0) is 15.1. The Hall–Kier alpha value is -2.47. The second kappa shape index (κ2) is 4.82. The van der Waals surface area contributed by atoms with Crippen molar-refractivity contribution in [2.75, 3.05) is 4.90 Å². The van der Waals surface area contributed by atoms with E-state index in [1.54, 1.807) is 25.2 Å². The molecule has 106 valence electrons. The number of amides is 1. The van der Waals surface area contributed by atoms with Gasteiger partial charge < -0.3 is 0 Å². The Kier molecular flexibility index (Phi) is 3.10. The number of nitrogens with zero attached hydrogens (tertiary/aromatic N) is 5. The summed E-state index contributed by atoms with van der Waals surface area (Å²) < 4.78 is 0. The van der Waals surface area contributed by atoms with Gasteiger partial charge in [0.15, 0.2) is 0 Å². The summed E-state index contributed by atoms with van der Waals surface area (Å²) in [6, 6.07) is 7.12. The summed E-state index contributed by atoms with van der Waals surface area (Å²) in [6.07, 6.45) is 0. The Bertz CT molecular complexity index is 792. The van der Waals surface area contributed by atoms with Crippen molar-refractivity contribution < 1.29 is 4.79 Å². The Labute approximate surface area is 126 Å². The van der Waals surface area contributed by atoms with Crippen molar-refractivity contribution in [2.45, 2.75) is 6.92 Å². The topological polar surface area (TPSA) is 63.9 Å². The number of anilines is 1. The van der Waals surface area contributed by atoms with Gasteiger partial charge in [0.2, 0.25) is 5.82 Å². The van der Waals surface area contributed by atoms with E-state index in [0.29, 0.717) is 27.6 Å². The molecule has 0 bridgehead atoms. The molecule has 0 saturated heterocycles. The molecule has 2 aromatic rings. The quantitative estimate of drug-likeness (QED) is 0.853. The number of halogens is 1. The predicted octanol–water partition coefficient (Wildman–Crippen LogP) is 2.20. The van der Waals surface area contributed by atoms with Gasteiger partial charge in [0.25, 0.3) is 5.91 Å². The van der Waals surface area contributed by atoms with E-state index in [1.807, 2.05) is 13.0 Å². The van der Waals surface area contributed by atoms with Crippen molar-refractivity contribution in [3.63, 3.8) is 0 Å². The van der Waals surface area contributed by atoms with Crippen molar-refractivity contribution in [3.8, 4) is 0 Å². The fourth-order valence-corrected chi connectivity index (χ4v) is 2.46. The smallest absolute Gasteiger partial charge is 0.267 e. The number of rotatable bonds is 2. The first-order valence-corrected chi connectivity index (χ1v) is 6.62. The fourth-order valence-electron chi connectivity index (χ4n) is 2.24. The van der Waals surface area contributed by atoms with E-state index in [2.05, 4.69) is 22.0 Å². The van der Waals surface area contributed by atoms with E-state index >= 15 is 0 Å². The molecule has 1 aromatic carbocycles. The summed E-state index contributed by atoms with van der Waals surface area (Å²) in [7, 11) is 1.65. The molecule has 1 amide bonds. The molecular formula is C14H12ClN5O. The van der Waals surface area contributed by atoms with E-state index in [9.17, 15) is 4.79 Å². The number of carbonyl (C=O) groups is 1. The molecule has 1 aromatic heterocycles. The molecule has 1 aliphatic rings. The monoisotopic (exact) mass is 301 g/mol. The number of hydrogen-bond donors (Lipinski definition) is 0. The van der Waals surface area contributed by atoms with Crippen LogP contribution >= 0.6 is 11.6 Å². The molecular weight excluding hydrogens is 290 g/mol. The summed E-state index contributed by atoms with van der Waals surface area (Å²) in [6.45, 7) is 5.78. The van der Waals surface area contributed by atoms with Gasteiger partial charge >= 0.3 is 0 Å². The molecule has 7 heteroatoms. The van der Waals surface area contributed by atoms with Crippen LogP contribution in [0, 0.1) is 0 Å². The normalized spacial score (nSPS) is 15.3. The van der Waals surface area contributed by atoms with Gasteiger partial charge in [-0.3, -0.25) is 9.69 Å². The third-order valence-corrected chi connectivity index (χ3v) is 3.64. The third-order valence-electron chi connectivity index (χ3n) is 3.32. The first kappa shape index (κ1) is 13.5. The van der Waals surface area contributed by atoms with Crippen molar-refractivity contribution >= 4 is 28.8 Å². The van der Waals surface area contributed by atoms with Crippen LogP contribution in [0.2, 0.25) is 5.02 Å². The Morgan fingerprint density at radius 1 is 1.29 bits per heavy atom. The van der Waals surface area contributed by atoms with Gasteiger partial charge in [0.1, 0.15) is 0 Å². The van der Waals surface area contributed by atoms with E-state index in [0.717, 1.165) is 0 Å². The zero-order valence-corrected chi connectivity index (χ0v) is 12.3. The largest absolute Gasteiger partial charge is 0.276 e. The highest BCUT2D eigenvalue weighted by molar-refractivity contribution is 6.37. The minimum Gasteiger partial charge on any atom is -0.276 e. The van der Waals surface area contributed by atoms with Crippen molar-refractivity contribution in [3.05, 3.63) is 53.0 Å². The van der Waals surface area contributed by atoms with Gasteiger partial charge in [-0.05, 0) is 29.8 Å². The lowest BCUT2D eigenvalue weighted by atomic mass is 10.1. The second-order valence-corrected chi connectivity index (χ2v) is 5.05. The molecule has 0 N–H and O–H groups in total. The molecule has 0 fully saturated rings. The number of benzene rings is 1. The van der Waals surface area contributed by atoms with E-state index < -0.39 is 0 Å². The maximum atomic E-state index is 12.7. The number of aromatic nitrogens is 4. The highest BCUT2D eigenvalue weighted by Crippen LogP contribution is 2.39. The predicted molar refractivity (Wildman–Crippen MR) is 79.5 cm³/mol. The minimum absolute atomic E-state index is 0.251. The molecule has 0 saturated carbocycles. The molecule has 2 heterocycles. The molecule has 0 atom stereocenters. The Morgan fingerprint density at radius 2 is 2.00 bits per heavy atom. The van der Waals surface area contributed by atoms with Crippen LogP contribution in [-0.2, 0) is 11.8 Å². The molecule has 0 unspecified atom stereocenters. The molecule has 21 heavy (non-hydrogen) atoms. The van der Waals surface area contributed by atoms with E-state index in [-0.39, 0.29) is 11.7 Å². The van der Waals surface area contributed by atoms with Crippen LogP contribution in [0.15, 0.2) is 42.1 Å². The number of allylic oxidation sites excluding steroid dienone is 1. The molecule has 0 aliphatic carbocycles. The number of para-hydroxylation sites is 1. The fraction of sp³-hybridized carbons (Fsp3) is 0.143. The molecule has 6 nitrogen and oxygen atoms in total. The van der Waals surface area contributed by atoms with Gasteiger partial charge in [0, 0.05) is 5.70 Å². The van der Waals surface area contributed by atoms with Gasteiger partial charge in [-0.15, -0.1) is 10.2 Å². The van der Waals surface area contributed by atoms with Crippen LogP contribution in [0.4, 0.5) is 5.69 Å². The number of hydrogen-bond acceptors (Lipinski definition) is 4. The van der Waals surface area contributed by atoms with E-state index in [4.69, 9.17) is 11.6 Å². The van der Waals surface area contributed by atoms with Gasteiger partial charge in [0.05, 0.1) is 23.3 Å². The van der Waals surface area contributed by atoms with Crippen molar-refractivity contribution in [2.24, 2.45) is 7.05 Å². The minimum atomic E-state index is -0.251. The summed E-state index contributed by atoms with van der Waals surface area (Å²) in [4.78, 5) is 15.5. The average molecular weight is 302 g/mol.